The van der Waals surface area contributed by atoms with Gasteiger partial charge in [0.25, 0.3) is 0 Å². The van der Waals surface area contributed by atoms with E-state index in [1.54, 1.807) is 23.0 Å². The number of halogens is 2. The Bertz CT molecular complexity index is 1800. The van der Waals surface area contributed by atoms with E-state index in [0.717, 1.165) is 38.5 Å². The number of fused-ring (bicyclic) bond motifs is 1. The number of nitrogens with one attached hydrogen (secondary N) is 3. The van der Waals surface area contributed by atoms with E-state index in [0.29, 0.717) is 44.1 Å². The average Bonchev–Trinajstić information content (AvgIpc) is 3.73. The van der Waals surface area contributed by atoms with Crippen LogP contribution < -0.4 is 16.0 Å². The molecule has 45 heavy (non-hydrogen) atoms. The van der Waals surface area contributed by atoms with E-state index in [1.165, 1.54) is 30.5 Å². The minimum Gasteiger partial charge on any atom is -0.444 e. The zero-order chi connectivity index (χ0) is 32.6. The lowest BCUT2D eigenvalue weighted by Gasteiger charge is -2.34. The second-order valence-electron chi connectivity index (χ2n) is 12.6. The summed E-state index contributed by atoms with van der Waals surface area (Å²) in [4.78, 5) is 17.2. The summed E-state index contributed by atoms with van der Waals surface area (Å²) in [5.41, 5.74) is 1.92. The molecule has 10 nitrogen and oxygen atoms in total. The van der Waals surface area contributed by atoms with Crippen molar-refractivity contribution in [2.45, 2.75) is 89.0 Å². The van der Waals surface area contributed by atoms with Crippen molar-refractivity contribution in [3.05, 3.63) is 76.5 Å². The molecule has 234 valence electrons. The SMILES string of the molecule is [2H][C@](Nc1cc(Cl)c2ncc(C#N)c(N[C@H]3CCCC[C@H]3NC(=O)OC(C)(C)C)c2c1)(c1ccc(F)cc1)c1cn(C2CC2)nn1. The smallest absolute Gasteiger partial charge is 0.407 e. The molecule has 0 bridgehead atoms. The number of hydrogen-bond donors (Lipinski definition) is 3. The van der Waals surface area contributed by atoms with Gasteiger partial charge in [-0.05, 0) is 76.3 Å². The quantitative estimate of drug-likeness (QED) is 0.185. The van der Waals surface area contributed by atoms with Crippen LogP contribution >= 0.6 is 11.6 Å². The van der Waals surface area contributed by atoms with E-state index in [9.17, 15) is 15.8 Å². The summed E-state index contributed by atoms with van der Waals surface area (Å²) in [7, 11) is 0. The largest absolute Gasteiger partial charge is 0.444 e. The fourth-order valence-electron chi connectivity index (χ4n) is 5.65. The van der Waals surface area contributed by atoms with Gasteiger partial charge in [0.05, 0.1) is 47.5 Å². The Kier molecular flexibility index (Phi) is 8.15. The lowest BCUT2D eigenvalue weighted by Crippen LogP contribution is -2.49. The third-order valence-corrected chi connectivity index (χ3v) is 8.22. The van der Waals surface area contributed by atoms with Gasteiger partial charge in [-0.15, -0.1) is 5.10 Å². The number of alkyl carbamates (subject to hydrolysis) is 1. The first-order chi connectivity index (χ1) is 21.9. The van der Waals surface area contributed by atoms with Crippen LogP contribution in [0, 0.1) is 17.1 Å². The van der Waals surface area contributed by atoms with Crippen molar-refractivity contribution in [2.75, 3.05) is 10.6 Å². The minimum absolute atomic E-state index is 0.193. The highest BCUT2D eigenvalue weighted by molar-refractivity contribution is 6.35. The Morgan fingerprint density at radius 3 is 2.60 bits per heavy atom. The summed E-state index contributed by atoms with van der Waals surface area (Å²) in [6, 6.07) is 9.54. The van der Waals surface area contributed by atoms with Gasteiger partial charge in [-0.2, -0.15) is 5.26 Å². The first-order valence-corrected chi connectivity index (χ1v) is 15.6. The summed E-state index contributed by atoms with van der Waals surface area (Å²) in [5, 5.41) is 29.4. The zero-order valence-electron chi connectivity index (χ0n) is 26.4. The predicted molar refractivity (Wildman–Crippen MR) is 171 cm³/mol. The van der Waals surface area contributed by atoms with Gasteiger partial charge >= 0.3 is 6.09 Å². The first-order valence-electron chi connectivity index (χ1n) is 15.7. The number of hydrogen-bond acceptors (Lipinski definition) is 8. The third kappa shape index (κ3) is 7.12. The topological polar surface area (TPSA) is 130 Å². The molecule has 12 heteroatoms. The van der Waals surface area contributed by atoms with Gasteiger partial charge < -0.3 is 20.7 Å². The van der Waals surface area contributed by atoms with Crippen molar-refractivity contribution in [1.82, 2.24) is 25.3 Å². The Balaban J connectivity index is 1.38. The van der Waals surface area contributed by atoms with Crippen molar-refractivity contribution in [3.8, 4) is 6.07 Å². The Morgan fingerprint density at radius 1 is 1.18 bits per heavy atom. The van der Waals surface area contributed by atoms with Gasteiger partial charge in [-0.25, -0.2) is 13.9 Å². The molecule has 0 unspecified atom stereocenters. The van der Waals surface area contributed by atoms with Crippen LogP contribution in [0.5, 0.6) is 0 Å². The molecule has 4 aromatic rings. The molecule has 2 aliphatic rings. The number of nitriles is 1. The van der Waals surface area contributed by atoms with Gasteiger partial charge in [0, 0.05) is 23.3 Å². The first kappa shape index (κ1) is 29.3. The summed E-state index contributed by atoms with van der Waals surface area (Å²) in [6.45, 7) is 5.45. The Hall–Kier alpha value is -4.43. The van der Waals surface area contributed by atoms with Crippen LogP contribution in [-0.4, -0.2) is 43.8 Å². The van der Waals surface area contributed by atoms with Crippen molar-refractivity contribution >= 4 is 40.0 Å². The molecule has 2 aromatic heterocycles. The zero-order valence-corrected chi connectivity index (χ0v) is 26.2. The predicted octanol–water partition coefficient (Wildman–Crippen LogP) is 7.27. The molecule has 2 fully saturated rings. The number of aromatic nitrogens is 4. The van der Waals surface area contributed by atoms with E-state index in [1.807, 2.05) is 20.8 Å². The maximum absolute atomic E-state index is 13.9. The standard InChI is InChI=1S/C33H36ClFN8O2/c1-33(2,3)45-32(44)40-27-7-5-4-6-26(27)39-29-20(16-36)17-37-31-24(29)14-22(15-25(31)34)38-30(19-8-10-21(35)11-9-19)28-18-43(42-41-28)23-12-13-23/h8-11,14-15,17-18,23,26-27,30,38H,4-7,12-13H2,1-3H3,(H,37,39)(H,40,44)/t26-,27+,30-/m0/s1/i30D. The highest BCUT2D eigenvalue weighted by Crippen LogP contribution is 2.38. The summed E-state index contributed by atoms with van der Waals surface area (Å²) < 4.78 is 30.8. The number of nitrogens with zero attached hydrogens (tertiary/aromatic N) is 5. The Labute approximate surface area is 267 Å². The second-order valence-corrected chi connectivity index (χ2v) is 13.0. The molecule has 2 aliphatic carbocycles. The molecule has 3 atom stereocenters. The Morgan fingerprint density at radius 2 is 1.91 bits per heavy atom. The number of anilines is 2. The van der Waals surface area contributed by atoms with Gasteiger partial charge in [-0.3, -0.25) is 4.98 Å². The minimum atomic E-state index is -1.66. The molecule has 2 heterocycles. The normalized spacial score (nSPS) is 20.0. The highest BCUT2D eigenvalue weighted by atomic mass is 35.5. The fourth-order valence-corrected chi connectivity index (χ4v) is 5.91. The van der Waals surface area contributed by atoms with Gasteiger partial charge in [0.1, 0.15) is 23.2 Å². The summed E-state index contributed by atoms with van der Waals surface area (Å²) >= 11 is 6.80. The number of pyridine rings is 1. The molecular weight excluding hydrogens is 595 g/mol. The molecule has 0 radical (unpaired) electrons. The molecule has 2 aromatic carbocycles. The number of carbonyl (C=O) groups is 1. The fraction of sp³-hybridized carbons (Fsp3) is 0.424. The molecule has 0 aliphatic heterocycles. The number of amides is 1. The maximum atomic E-state index is 13.9. The number of rotatable bonds is 8. The van der Waals surface area contributed by atoms with Gasteiger partial charge in [0.15, 0.2) is 0 Å². The molecule has 1 amide bonds. The molecule has 3 N–H and O–H groups in total. The van der Waals surface area contributed by atoms with Crippen LogP contribution in [0.4, 0.5) is 20.6 Å². The summed E-state index contributed by atoms with van der Waals surface area (Å²) in [5.74, 6) is -0.422. The lowest BCUT2D eigenvalue weighted by atomic mass is 9.89. The lowest BCUT2D eigenvalue weighted by molar-refractivity contribution is 0.0488. The van der Waals surface area contributed by atoms with E-state index in [2.05, 4.69) is 37.3 Å². The number of carbonyl (C=O) groups excluding carboxylic acids is 1. The molecular formula is C33H36ClFN8O2. The van der Waals surface area contributed by atoms with E-state index < -0.39 is 23.5 Å². The van der Waals surface area contributed by atoms with Gasteiger partial charge in [-0.1, -0.05) is 41.8 Å². The monoisotopic (exact) mass is 631 g/mol. The number of benzene rings is 2. The average molecular weight is 632 g/mol. The van der Waals surface area contributed by atoms with Crippen LogP contribution in [0.2, 0.25) is 5.02 Å². The van der Waals surface area contributed by atoms with Crippen LogP contribution in [0.3, 0.4) is 0 Å². The molecule has 2 saturated carbocycles. The van der Waals surface area contributed by atoms with Crippen molar-refractivity contribution in [2.24, 2.45) is 0 Å². The number of ether oxygens (including phenoxy) is 1. The van der Waals surface area contributed by atoms with Crippen molar-refractivity contribution < 1.29 is 15.3 Å². The third-order valence-electron chi connectivity index (χ3n) is 7.93. The molecule has 6 rings (SSSR count). The van der Waals surface area contributed by atoms with Crippen LogP contribution in [0.1, 0.15) is 89.5 Å². The van der Waals surface area contributed by atoms with Crippen LogP contribution in [-0.2, 0) is 4.74 Å². The van der Waals surface area contributed by atoms with E-state index >= 15 is 0 Å². The maximum Gasteiger partial charge on any atom is 0.407 e. The highest BCUT2D eigenvalue weighted by Gasteiger charge is 2.30. The van der Waals surface area contributed by atoms with Crippen LogP contribution in [0.25, 0.3) is 10.9 Å². The van der Waals surface area contributed by atoms with Crippen molar-refractivity contribution in [3.63, 3.8) is 0 Å². The molecule has 0 spiro atoms. The molecule has 0 saturated heterocycles. The second kappa shape index (κ2) is 12.5. The van der Waals surface area contributed by atoms with Crippen molar-refractivity contribution in [1.29, 1.82) is 5.26 Å². The van der Waals surface area contributed by atoms with Gasteiger partial charge in [0.2, 0.25) is 0 Å². The summed E-state index contributed by atoms with van der Waals surface area (Å²) in [6.07, 6.45) is 8.12. The van der Waals surface area contributed by atoms with E-state index in [-0.39, 0.29) is 18.1 Å². The van der Waals surface area contributed by atoms with Crippen LogP contribution in [0.15, 0.2) is 48.8 Å². The van der Waals surface area contributed by atoms with E-state index in [4.69, 9.17) is 16.3 Å².